The maximum Gasteiger partial charge on any atom is 0.261 e. The largest absolute Gasteiger partial charge is 0.481 e. The summed E-state index contributed by atoms with van der Waals surface area (Å²) in [6, 6.07) is 11.2. The molecule has 0 aliphatic heterocycles. The number of nitrogens with one attached hydrogen (secondary N) is 1. The number of carbonyl (C=O) groups is 1. The molecule has 0 aliphatic rings. The number of aryl methyl sites for hydroxylation is 1. The Morgan fingerprint density at radius 3 is 2.96 bits per heavy atom. The number of amides is 1. The molecule has 0 spiro atoms. The molecule has 6 heteroatoms. The zero-order valence-corrected chi connectivity index (χ0v) is 14.2. The van der Waals surface area contributed by atoms with Crippen molar-refractivity contribution >= 4 is 23.2 Å². The normalized spacial score (nSPS) is 12.1. The fourth-order valence-corrected chi connectivity index (χ4v) is 2.54. The molecule has 1 aromatic carbocycles. The van der Waals surface area contributed by atoms with Gasteiger partial charge in [0, 0.05) is 12.4 Å². The predicted octanol–water partition coefficient (Wildman–Crippen LogP) is 3.38. The highest BCUT2D eigenvalue weighted by Gasteiger charge is 2.15. The second-order valence-electron chi connectivity index (χ2n) is 5.64. The first-order valence-corrected chi connectivity index (χ1v) is 8.03. The van der Waals surface area contributed by atoms with Crippen molar-refractivity contribution in [3.05, 3.63) is 65.1 Å². The standard InChI is InChI=1S/C18H18ClN3O2/c1-12-4-3-5-16(8-12)24-13(2)18(23)20-9-15-11-22-10-14(19)6-7-17(22)21-15/h3-8,10-11,13H,9H2,1-2H3,(H,20,23). The van der Waals surface area contributed by atoms with Crippen LogP contribution >= 0.6 is 11.6 Å². The number of benzene rings is 1. The van der Waals surface area contributed by atoms with Gasteiger partial charge in [0.1, 0.15) is 11.4 Å². The molecule has 2 heterocycles. The Bertz CT molecular complexity index is 876. The van der Waals surface area contributed by atoms with E-state index in [-0.39, 0.29) is 5.91 Å². The first-order chi connectivity index (χ1) is 11.5. The van der Waals surface area contributed by atoms with Crippen molar-refractivity contribution in [1.29, 1.82) is 0 Å². The van der Waals surface area contributed by atoms with Gasteiger partial charge in [-0.2, -0.15) is 0 Å². The van der Waals surface area contributed by atoms with Gasteiger partial charge < -0.3 is 14.5 Å². The lowest BCUT2D eigenvalue weighted by Gasteiger charge is -2.14. The Balaban J connectivity index is 1.59. The summed E-state index contributed by atoms with van der Waals surface area (Å²) in [5.74, 6) is 0.492. The Morgan fingerprint density at radius 1 is 1.33 bits per heavy atom. The molecular weight excluding hydrogens is 326 g/mol. The third kappa shape index (κ3) is 3.86. The van der Waals surface area contributed by atoms with Gasteiger partial charge in [-0.15, -0.1) is 0 Å². The first-order valence-electron chi connectivity index (χ1n) is 7.65. The number of halogens is 1. The number of carbonyl (C=O) groups excluding carboxylic acids is 1. The van der Waals surface area contributed by atoms with Crippen LogP contribution < -0.4 is 10.1 Å². The molecule has 0 saturated heterocycles. The quantitative estimate of drug-likeness (QED) is 0.772. The molecular formula is C18H18ClN3O2. The van der Waals surface area contributed by atoms with Crippen molar-refractivity contribution in [2.45, 2.75) is 26.5 Å². The van der Waals surface area contributed by atoms with Crippen molar-refractivity contribution < 1.29 is 9.53 Å². The van der Waals surface area contributed by atoms with Gasteiger partial charge in [-0.3, -0.25) is 4.79 Å². The van der Waals surface area contributed by atoms with E-state index in [0.29, 0.717) is 17.3 Å². The third-order valence-corrected chi connectivity index (χ3v) is 3.80. The summed E-state index contributed by atoms with van der Waals surface area (Å²) in [5, 5.41) is 3.47. The summed E-state index contributed by atoms with van der Waals surface area (Å²) in [6.07, 6.45) is 3.03. The summed E-state index contributed by atoms with van der Waals surface area (Å²) in [7, 11) is 0. The van der Waals surface area contributed by atoms with Crippen LogP contribution in [0.25, 0.3) is 5.65 Å². The van der Waals surface area contributed by atoms with Crippen LogP contribution in [0.4, 0.5) is 0 Å². The second kappa shape index (κ2) is 6.93. The van der Waals surface area contributed by atoms with Crippen LogP contribution in [0.5, 0.6) is 5.75 Å². The third-order valence-electron chi connectivity index (χ3n) is 3.58. The number of ether oxygens (including phenoxy) is 1. The summed E-state index contributed by atoms with van der Waals surface area (Å²) < 4.78 is 7.49. The van der Waals surface area contributed by atoms with E-state index in [4.69, 9.17) is 16.3 Å². The molecule has 1 N–H and O–H groups in total. The van der Waals surface area contributed by atoms with E-state index in [0.717, 1.165) is 16.9 Å². The average molecular weight is 344 g/mol. The lowest BCUT2D eigenvalue weighted by atomic mass is 10.2. The molecule has 0 radical (unpaired) electrons. The highest BCUT2D eigenvalue weighted by atomic mass is 35.5. The number of nitrogens with zero attached hydrogens (tertiary/aromatic N) is 2. The smallest absolute Gasteiger partial charge is 0.261 e. The van der Waals surface area contributed by atoms with Crippen molar-refractivity contribution in [3.63, 3.8) is 0 Å². The molecule has 1 amide bonds. The van der Waals surface area contributed by atoms with E-state index < -0.39 is 6.10 Å². The molecule has 5 nitrogen and oxygen atoms in total. The zero-order chi connectivity index (χ0) is 17.1. The van der Waals surface area contributed by atoms with Crippen molar-refractivity contribution in [2.24, 2.45) is 0 Å². The Kier molecular flexibility index (Phi) is 4.71. The van der Waals surface area contributed by atoms with E-state index in [1.54, 1.807) is 19.2 Å². The molecule has 124 valence electrons. The minimum atomic E-state index is -0.585. The average Bonchev–Trinajstić information content (AvgIpc) is 2.94. The van der Waals surface area contributed by atoms with Crippen molar-refractivity contribution in [1.82, 2.24) is 14.7 Å². The first kappa shape index (κ1) is 16.3. The van der Waals surface area contributed by atoms with E-state index in [1.165, 1.54) is 0 Å². The van der Waals surface area contributed by atoms with Crippen LogP contribution in [-0.4, -0.2) is 21.4 Å². The predicted molar refractivity (Wildman–Crippen MR) is 93.3 cm³/mol. The fraction of sp³-hybridized carbons (Fsp3) is 0.222. The van der Waals surface area contributed by atoms with E-state index in [2.05, 4.69) is 10.3 Å². The maximum atomic E-state index is 12.2. The van der Waals surface area contributed by atoms with Gasteiger partial charge in [0.25, 0.3) is 5.91 Å². The van der Waals surface area contributed by atoms with Gasteiger partial charge in [-0.05, 0) is 43.7 Å². The molecule has 2 aromatic heterocycles. The van der Waals surface area contributed by atoms with E-state index in [1.807, 2.05) is 47.9 Å². The number of pyridine rings is 1. The lowest BCUT2D eigenvalue weighted by Crippen LogP contribution is -2.36. The summed E-state index contributed by atoms with van der Waals surface area (Å²) >= 11 is 5.95. The Morgan fingerprint density at radius 2 is 2.17 bits per heavy atom. The molecule has 0 aliphatic carbocycles. The maximum absolute atomic E-state index is 12.2. The van der Waals surface area contributed by atoms with Crippen molar-refractivity contribution in [2.75, 3.05) is 0 Å². The van der Waals surface area contributed by atoms with Crippen LogP contribution in [-0.2, 0) is 11.3 Å². The van der Waals surface area contributed by atoms with Gasteiger partial charge in [-0.1, -0.05) is 23.7 Å². The number of hydrogen-bond donors (Lipinski definition) is 1. The van der Waals surface area contributed by atoms with Gasteiger partial charge in [0.15, 0.2) is 6.10 Å². The lowest BCUT2D eigenvalue weighted by molar-refractivity contribution is -0.127. The number of fused-ring (bicyclic) bond motifs is 1. The number of aromatic nitrogens is 2. The Labute approximate surface area is 145 Å². The monoisotopic (exact) mass is 343 g/mol. The van der Waals surface area contributed by atoms with Crippen LogP contribution in [0.15, 0.2) is 48.8 Å². The fourth-order valence-electron chi connectivity index (χ4n) is 2.37. The molecule has 0 bridgehead atoms. The van der Waals surface area contributed by atoms with Crippen LogP contribution in [0, 0.1) is 6.92 Å². The minimum absolute atomic E-state index is 0.188. The highest BCUT2D eigenvalue weighted by molar-refractivity contribution is 6.30. The zero-order valence-electron chi connectivity index (χ0n) is 13.5. The van der Waals surface area contributed by atoms with E-state index >= 15 is 0 Å². The highest BCUT2D eigenvalue weighted by Crippen LogP contribution is 2.14. The molecule has 0 fully saturated rings. The van der Waals surface area contributed by atoms with Crippen molar-refractivity contribution in [3.8, 4) is 5.75 Å². The SMILES string of the molecule is Cc1cccc(OC(C)C(=O)NCc2cn3cc(Cl)ccc3n2)c1. The minimum Gasteiger partial charge on any atom is -0.481 e. The molecule has 1 atom stereocenters. The topological polar surface area (TPSA) is 55.6 Å². The van der Waals surface area contributed by atoms with Gasteiger partial charge >= 0.3 is 0 Å². The number of hydrogen-bond acceptors (Lipinski definition) is 3. The number of rotatable bonds is 5. The summed E-state index contributed by atoms with van der Waals surface area (Å²) in [4.78, 5) is 16.6. The molecule has 3 aromatic rings. The summed E-state index contributed by atoms with van der Waals surface area (Å²) in [6.45, 7) is 4.04. The van der Waals surface area contributed by atoms with Gasteiger partial charge in [-0.25, -0.2) is 4.98 Å². The van der Waals surface area contributed by atoms with Crippen LogP contribution in [0.1, 0.15) is 18.2 Å². The molecule has 24 heavy (non-hydrogen) atoms. The second-order valence-corrected chi connectivity index (χ2v) is 6.08. The van der Waals surface area contributed by atoms with Gasteiger partial charge in [0.05, 0.1) is 17.3 Å². The van der Waals surface area contributed by atoms with E-state index in [9.17, 15) is 4.79 Å². The molecule has 0 saturated carbocycles. The summed E-state index contributed by atoms with van der Waals surface area (Å²) in [5.41, 5.74) is 2.63. The number of imidazole rings is 1. The van der Waals surface area contributed by atoms with Gasteiger partial charge in [0.2, 0.25) is 0 Å². The Hall–Kier alpha value is -2.53. The molecule has 1 unspecified atom stereocenters. The van der Waals surface area contributed by atoms with Crippen LogP contribution in [0.2, 0.25) is 5.02 Å². The molecule has 3 rings (SSSR count). The van der Waals surface area contributed by atoms with Crippen LogP contribution in [0.3, 0.4) is 0 Å².